The van der Waals surface area contributed by atoms with E-state index in [2.05, 4.69) is 15.9 Å². The van der Waals surface area contributed by atoms with Gasteiger partial charge in [0.1, 0.15) is 17.0 Å². The van der Waals surface area contributed by atoms with E-state index < -0.39 is 16.4 Å². The molecular formula is C14H19BrO4. The summed E-state index contributed by atoms with van der Waals surface area (Å²) >= 11 is 3.19. The van der Waals surface area contributed by atoms with E-state index in [-0.39, 0.29) is 13.2 Å². The first-order valence-electron chi connectivity index (χ1n) is 6.05. The van der Waals surface area contributed by atoms with Gasteiger partial charge in [0.05, 0.1) is 13.2 Å². The van der Waals surface area contributed by atoms with Crippen molar-refractivity contribution < 1.29 is 19.4 Å². The van der Waals surface area contributed by atoms with Crippen LogP contribution in [-0.2, 0) is 20.9 Å². The number of aliphatic hydroxyl groups is 1. The highest BCUT2D eigenvalue weighted by Crippen LogP contribution is 2.17. The van der Waals surface area contributed by atoms with Crippen molar-refractivity contribution in [1.29, 1.82) is 0 Å². The molecule has 0 saturated heterocycles. The Morgan fingerprint density at radius 2 is 1.95 bits per heavy atom. The van der Waals surface area contributed by atoms with E-state index in [1.807, 2.05) is 30.3 Å². The second-order valence-electron chi connectivity index (χ2n) is 4.73. The molecule has 4 nitrogen and oxygen atoms in total. The molecule has 0 spiro atoms. The van der Waals surface area contributed by atoms with E-state index in [1.54, 1.807) is 13.8 Å². The lowest BCUT2D eigenvalue weighted by atomic mass is 10.2. The van der Waals surface area contributed by atoms with Crippen molar-refractivity contribution in [3.05, 3.63) is 35.9 Å². The molecule has 5 heteroatoms. The lowest BCUT2D eigenvalue weighted by Gasteiger charge is -2.17. The Labute approximate surface area is 121 Å². The highest BCUT2D eigenvalue weighted by molar-refractivity contribution is 9.10. The van der Waals surface area contributed by atoms with E-state index in [9.17, 15) is 9.90 Å². The summed E-state index contributed by atoms with van der Waals surface area (Å²) in [4.78, 5) is 11.4. The molecule has 0 saturated carbocycles. The first-order chi connectivity index (χ1) is 8.89. The summed E-state index contributed by atoms with van der Waals surface area (Å²) in [6, 6.07) is 9.67. The van der Waals surface area contributed by atoms with Gasteiger partial charge in [-0.05, 0) is 19.4 Å². The van der Waals surface area contributed by atoms with E-state index in [0.29, 0.717) is 6.61 Å². The average Bonchev–Trinajstić information content (AvgIpc) is 2.36. The molecular weight excluding hydrogens is 312 g/mol. The molecule has 1 aromatic rings. The van der Waals surface area contributed by atoms with Crippen LogP contribution < -0.4 is 0 Å². The molecule has 0 aliphatic rings. The van der Waals surface area contributed by atoms with Crippen LogP contribution in [0.5, 0.6) is 0 Å². The molecule has 0 aromatic heterocycles. The first-order valence-corrected chi connectivity index (χ1v) is 6.85. The number of esters is 1. The summed E-state index contributed by atoms with van der Waals surface area (Å²) in [6.07, 6.45) is -0.817. The van der Waals surface area contributed by atoms with Gasteiger partial charge in [0, 0.05) is 0 Å². The number of carbonyl (C=O) groups is 1. The first kappa shape index (κ1) is 16.1. The van der Waals surface area contributed by atoms with E-state index in [0.717, 1.165) is 5.56 Å². The maximum Gasteiger partial charge on any atom is 0.322 e. The molecule has 0 heterocycles. The number of halogens is 1. The Morgan fingerprint density at radius 3 is 2.53 bits per heavy atom. The minimum Gasteiger partial charge on any atom is -0.462 e. The molecule has 1 rings (SSSR count). The minimum atomic E-state index is -0.817. The van der Waals surface area contributed by atoms with Crippen molar-refractivity contribution >= 4 is 21.9 Å². The number of hydrogen-bond donors (Lipinski definition) is 1. The molecule has 0 aliphatic heterocycles. The Hall–Kier alpha value is -0.910. The minimum absolute atomic E-state index is 0.0668. The molecule has 1 atom stereocenters. The van der Waals surface area contributed by atoms with Crippen LogP contribution in [0.1, 0.15) is 19.4 Å². The molecule has 0 bridgehead atoms. The topological polar surface area (TPSA) is 55.8 Å². The second kappa shape index (κ2) is 7.62. The standard InChI is InChI=1S/C14H19BrO4/c1-14(2,15)13(17)19-10-12(16)9-18-8-11-6-4-3-5-7-11/h3-7,12,16H,8-10H2,1-2H3. The fraction of sp³-hybridized carbons (Fsp3) is 0.500. The van der Waals surface area contributed by atoms with Gasteiger partial charge in [-0.3, -0.25) is 4.79 Å². The smallest absolute Gasteiger partial charge is 0.322 e. The fourth-order valence-electron chi connectivity index (χ4n) is 1.28. The average molecular weight is 331 g/mol. The summed E-state index contributed by atoms with van der Waals surface area (Å²) in [5.74, 6) is -0.408. The predicted octanol–water partition coefficient (Wildman–Crippen LogP) is 2.28. The largest absolute Gasteiger partial charge is 0.462 e. The fourth-order valence-corrected chi connectivity index (χ4v) is 1.39. The van der Waals surface area contributed by atoms with Crippen LogP contribution in [0.15, 0.2) is 30.3 Å². The molecule has 0 amide bonds. The summed E-state index contributed by atoms with van der Waals surface area (Å²) in [7, 11) is 0. The zero-order valence-corrected chi connectivity index (χ0v) is 12.7. The second-order valence-corrected chi connectivity index (χ2v) is 6.71. The Kier molecular flexibility index (Phi) is 6.48. The van der Waals surface area contributed by atoms with Gasteiger partial charge in [-0.2, -0.15) is 0 Å². The van der Waals surface area contributed by atoms with Crippen LogP contribution in [0.2, 0.25) is 0 Å². The molecule has 1 aromatic carbocycles. The molecule has 0 radical (unpaired) electrons. The van der Waals surface area contributed by atoms with Gasteiger partial charge in [-0.25, -0.2) is 0 Å². The van der Waals surface area contributed by atoms with Gasteiger partial charge >= 0.3 is 5.97 Å². The van der Waals surface area contributed by atoms with Crippen LogP contribution in [0.25, 0.3) is 0 Å². The highest BCUT2D eigenvalue weighted by Gasteiger charge is 2.26. The van der Waals surface area contributed by atoms with Crippen LogP contribution in [0, 0.1) is 0 Å². The molecule has 0 aliphatic carbocycles. The van der Waals surface area contributed by atoms with Gasteiger partial charge in [-0.1, -0.05) is 46.3 Å². The molecule has 19 heavy (non-hydrogen) atoms. The number of hydrogen-bond acceptors (Lipinski definition) is 4. The SMILES string of the molecule is CC(C)(Br)C(=O)OCC(O)COCc1ccccc1. The number of aliphatic hydroxyl groups excluding tert-OH is 1. The van der Waals surface area contributed by atoms with Crippen molar-refractivity contribution in [3.8, 4) is 0 Å². The van der Waals surface area contributed by atoms with Gasteiger partial charge in [0.15, 0.2) is 0 Å². The van der Waals surface area contributed by atoms with Crippen LogP contribution in [0.3, 0.4) is 0 Å². The van der Waals surface area contributed by atoms with Crippen molar-refractivity contribution in [2.45, 2.75) is 30.9 Å². The van der Waals surface area contributed by atoms with Crippen LogP contribution in [-0.4, -0.2) is 34.7 Å². The number of rotatable bonds is 7. The zero-order chi connectivity index (χ0) is 14.3. The highest BCUT2D eigenvalue weighted by atomic mass is 79.9. The van der Waals surface area contributed by atoms with Crippen molar-refractivity contribution in [3.63, 3.8) is 0 Å². The maximum absolute atomic E-state index is 11.4. The summed E-state index contributed by atoms with van der Waals surface area (Å²) in [5.41, 5.74) is 1.04. The van der Waals surface area contributed by atoms with Gasteiger partial charge in [0.25, 0.3) is 0 Å². The molecule has 106 valence electrons. The van der Waals surface area contributed by atoms with Gasteiger partial charge < -0.3 is 14.6 Å². The molecule has 1 unspecified atom stereocenters. The Balaban J connectivity index is 2.18. The third kappa shape index (κ3) is 6.71. The van der Waals surface area contributed by atoms with Crippen LogP contribution in [0.4, 0.5) is 0 Å². The van der Waals surface area contributed by atoms with Crippen LogP contribution >= 0.6 is 15.9 Å². The zero-order valence-electron chi connectivity index (χ0n) is 11.1. The number of benzene rings is 1. The number of ether oxygens (including phenoxy) is 2. The molecule has 0 fully saturated rings. The third-order valence-electron chi connectivity index (χ3n) is 2.31. The maximum atomic E-state index is 11.4. The summed E-state index contributed by atoms with van der Waals surface area (Å²) < 4.78 is 9.56. The Morgan fingerprint density at radius 1 is 1.32 bits per heavy atom. The van der Waals surface area contributed by atoms with Gasteiger partial charge in [0.2, 0.25) is 0 Å². The van der Waals surface area contributed by atoms with Crippen molar-refractivity contribution in [1.82, 2.24) is 0 Å². The number of carbonyl (C=O) groups excluding carboxylic acids is 1. The molecule has 1 N–H and O–H groups in total. The van der Waals surface area contributed by atoms with Crippen molar-refractivity contribution in [2.75, 3.05) is 13.2 Å². The predicted molar refractivity (Wildman–Crippen MR) is 76.1 cm³/mol. The normalized spacial score (nSPS) is 13.1. The van der Waals surface area contributed by atoms with Gasteiger partial charge in [-0.15, -0.1) is 0 Å². The Bertz CT molecular complexity index is 386. The van der Waals surface area contributed by atoms with E-state index in [1.165, 1.54) is 0 Å². The lowest BCUT2D eigenvalue weighted by Crippen LogP contribution is -2.31. The van der Waals surface area contributed by atoms with E-state index in [4.69, 9.17) is 9.47 Å². The quantitative estimate of drug-likeness (QED) is 0.615. The summed E-state index contributed by atoms with van der Waals surface area (Å²) in [6.45, 7) is 3.87. The van der Waals surface area contributed by atoms with E-state index >= 15 is 0 Å². The third-order valence-corrected chi connectivity index (χ3v) is 2.64. The monoisotopic (exact) mass is 330 g/mol. The van der Waals surface area contributed by atoms with Crippen molar-refractivity contribution in [2.24, 2.45) is 0 Å². The lowest BCUT2D eigenvalue weighted by molar-refractivity contribution is -0.149. The summed E-state index contributed by atoms with van der Waals surface area (Å²) in [5, 5.41) is 9.62. The number of alkyl halides is 1.